The van der Waals surface area contributed by atoms with Crippen LogP contribution in [0.15, 0.2) is 60.8 Å². The molecule has 1 aromatic heterocycles. The number of methoxy groups -OCH3 is 1. The molecular weight excluding hydrogens is 394 g/mol. The molecule has 3 aromatic rings. The van der Waals surface area contributed by atoms with E-state index in [0.29, 0.717) is 35.8 Å². The first-order valence-electron chi connectivity index (χ1n) is 10.2. The van der Waals surface area contributed by atoms with Gasteiger partial charge in [0.1, 0.15) is 5.75 Å². The van der Waals surface area contributed by atoms with E-state index in [4.69, 9.17) is 10.5 Å². The standard InChI is InChI=1S/C23H25N5O3/c1-31-19-11-5-8-17(13-19)25-23(30)27-12-6-7-16(14-27)21-20(22(24)29)15-28(26-21)18-9-3-2-4-10-18/h2-5,8-11,13,15-16H,6-7,12,14H2,1H3,(H2,24,29)(H,25,30). The van der Waals surface area contributed by atoms with Crippen molar-refractivity contribution in [2.75, 3.05) is 25.5 Å². The number of anilines is 1. The number of hydrogen-bond acceptors (Lipinski definition) is 4. The Balaban J connectivity index is 1.53. The first-order valence-corrected chi connectivity index (χ1v) is 10.2. The van der Waals surface area contributed by atoms with Gasteiger partial charge in [-0.25, -0.2) is 9.48 Å². The van der Waals surface area contributed by atoms with Crippen LogP contribution in [0.3, 0.4) is 0 Å². The molecule has 1 atom stereocenters. The first-order chi connectivity index (χ1) is 15.0. The monoisotopic (exact) mass is 419 g/mol. The quantitative estimate of drug-likeness (QED) is 0.662. The molecule has 1 aliphatic rings. The molecule has 31 heavy (non-hydrogen) atoms. The number of piperidine rings is 1. The molecule has 1 saturated heterocycles. The van der Waals surface area contributed by atoms with E-state index in [-0.39, 0.29) is 11.9 Å². The van der Waals surface area contributed by atoms with Crippen molar-refractivity contribution in [3.05, 3.63) is 72.1 Å². The van der Waals surface area contributed by atoms with Crippen LogP contribution < -0.4 is 15.8 Å². The zero-order valence-corrected chi connectivity index (χ0v) is 17.3. The number of aromatic nitrogens is 2. The Morgan fingerprint density at radius 1 is 1.16 bits per heavy atom. The van der Waals surface area contributed by atoms with E-state index in [2.05, 4.69) is 10.4 Å². The topological polar surface area (TPSA) is 102 Å². The van der Waals surface area contributed by atoms with Crippen molar-refractivity contribution in [2.45, 2.75) is 18.8 Å². The van der Waals surface area contributed by atoms with Gasteiger partial charge in [0.15, 0.2) is 0 Å². The molecule has 3 N–H and O–H groups in total. The van der Waals surface area contributed by atoms with Crippen LogP contribution >= 0.6 is 0 Å². The molecule has 4 rings (SSSR count). The van der Waals surface area contributed by atoms with Crippen LogP contribution in [0, 0.1) is 0 Å². The highest BCUT2D eigenvalue weighted by Crippen LogP contribution is 2.29. The van der Waals surface area contributed by atoms with Gasteiger partial charge in [-0.3, -0.25) is 4.79 Å². The van der Waals surface area contributed by atoms with Crippen molar-refractivity contribution in [1.29, 1.82) is 0 Å². The highest BCUT2D eigenvalue weighted by Gasteiger charge is 2.30. The van der Waals surface area contributed by atoms with Gasteiger partial charge in [0.05, 0.1) is 24.1 Å². The van der Waals surface area contributed by atoms with Gasteiger partial charge >= 0.3 is 6.03 Å². The highest BCUT2D eigenvalue weighted by atomic mass is 16.5. The maximum atomic E-state index is 12.8. The molecule has 0 radical (unpaired) electrons. The molecule has 2 heterocycles. The van der Waals surface area contributed by atoms with Gasteiger partial charge in [0.25, 0.3) is 5.91 Å². The van der Waals surface area contributed by atoms with Gasteiger partial charge in [0, 0.05) is 37.0 Å². The SMILES string of the molecule is COc1cccc(NC(=O)N2CCCC(c3nn(-c4ccccc4)cc3C(N)=O)C2)c1. The van der Waals surface area contributed by atoms with Gasteiger partial charge in [-0.1, -0.05) is 24.3 Å². The summed E-state index contributed by atoms with van der Waals surface area (Å²) in [6.45, 7) is 1.10. The molecule has 0 saturated carbocycles. The van der Waals surface area contributed by atoms with E-state index < -0.39 is 5.91 Å². The summed E-state index contributed by atoms with van der Waals surface area (Å²) in [6.07, 6.45) is 3.31. The van der Waals surface area contributed by atoms with E-state index in [1.807, 2.05) is 48.5 Å². The predicted octanol–water partition coefficient (Wildman–Crippen LogP) is 3.39. The number of amides is 3. The Labute approximate surface area is 180 Å². The second kappa shape index (κ2) is 8.91. The number of benzene rings is 2. The first kappa shape index (κ1) is 20.5. The number of para-hydroxylation sites is 1. The summed E-state index contributed by atoms with van der Waals surface area (Å²) in [4.78, 5) is 26.7. The third-order valence-electron chi connectivity index (χ3n) is 5.45. The van der Waals surface area contributed by atoms with Gasteiger partial charge in [-0.05, 0) is 37.1 Å². The molecule has 8 nitrogen and oxygen atoms in total. The Kier molecular flexibility index (Phi) is 5.88. The van der Waals surface area contributed by atoms with Crippen LogP contribution in [0.2, 0.25) is 0 Å². The summed E-state index contributed by atoms with van der Waals surface area (Å²) < 4.78 is 6.88. The lowest BCUT2D eigenvalue weighted by Gasteiger charge is -2.32. The number of urea groups is 1. The number of hydrogen-bond donors (Lipinski definition) is 2. The minimum atomic E-state index is -0.518. The van der Waals surface area contributed by atoms with Crippen LogP contribution in [0.5, 0.6) is 5.75 Å². The summed E-state index contributed by atoms with van der Waals surface area (Å²) in [7, 11) is 1.58. The maximum Gasteiger partial charge on any atom is 0.321 e. The zero-order valence-electron chi connectivity index (χ0n) is 17.3. The zero-order chi connectivity index (χ0) is 21.8. The van der Waals surface area contributed by atoms with E-state index in [1.165, 1.54) is 0 Å². The molecule has 0 spiro atoms. The summed E-state index contributed by atoms with van der Waals surface area (Å²) in [6, 6.07) is 16.6. The van der Waals surface area contributed by atoms with Crippen LogP contribution in [0.25, 0.3) is 5.69 Å². The highest BCUT2D eigenvalue weighted by molar-refractivity contribution is 5.94. The normalized spacial score (nSPS) is 16.0. The number of primary amides is 1. The Hall–Kier alpha value is -3.81. The van der Waals surface area contributed by atoms with E-state index in [1.54, 1.807) is 29.0 Å². The number of carbonyl (C=O) groups is 2. The van der Waals surface area contributed by atoms with Gasteiger partial charge in [-0.2, -0.15) is 5.10 Å². The summed E-state index contributed by atoms with van der Waals surface area (Å²) in [5.74, 6) is 0.0827. The number of nitrogens with zero attached hydrogens (tertiary/aromatic N) is 3. The second-order valence-electron chi connectivity index (χ2n) is 7.52. The largest absolute Gasteiger partial charge is 0.497 e. The minimum Gasteiger partial charge on any atom is -0.497 e. The lowest BCUT2D eigenvalue weighted by Crippen LogP contribution is -2.42. The Bertz CT molecular complexity index is 1080. The van der Waals surface area contributed by atoms with Crippen molar-refractivity contribution < 1.29 is 14.3 Å². The summed E-state index contributed by atoms with van der Waals surface area (Å²) in [5, 5.41) is 7.58. The minimum absolute atomic E-state index is 0.0720. The number of likely N-dealkylation sites (tertiary alicyclic amines) is 1. The molecule has 8 heteroatoms. The van der Waals surface area contributed by atoms with Crippen LogP contribution in [-0.4, -0.2) is 46.8 Å². The smallest absolute Gasteiger partial charge is 0.321 e. The number of nitrogens with one attached hydrogen (secondary N) is 1. The molecule has 160 valence electrons. The Morgan fingerprint density at radius 2 is 1.97 bits per heavy atom. The lowest BCUT2D eigenvalue weighted by molar-refractivity contribution is 0.0998. The average Bonchev–Trinajstić information content (AvgIpc) is 3.26. The molecule has 1 aliphatic heterocycles. The molecule has 2 aromatic carbocycles. The van der Waals surface area contributed by atoms with Gasteiger partial charge in [0.2, 0.25) is 0 Å². The van der Waals surface area contributed by atoms with Crippen LogP contribution in [0.1, 0.15) is 34.8 Å². The van der Waals surface area contributed by atoms with Crippen LogP contribution in [-0.2, 0) is 0 Å². The van der Waals surface area contributed by atoms with Crippen molar-refractivity contribution in [3.63, 3.8) is 0 Å². The fourth-order valence-corrected chi connectivity index (χ4v) is 3.88. The van der Waals surface area contributed by atoms with Crippen LogP contribution in [0.4, 0.5) is 10.5 Å². The Morgan fingerprint density at radius 3 is 2.71 bits per heavy atom. The maximum absolute atomic E-state index is 12.8. The van der Waals surface area contributed by atoms with Crippen molar-refractivity contribution >= 4 is 17.6 Å². The fraction of sp³-hybridized carbons (Fsp3) is 0.261. The van der Waals surface area contributed by atoms with Crippen molar-refractivity contribution in [2.24, 2.45) is 5.73 Å². The number of ether oxygens (including phenoxy) is 1. The van der Waals surface area contributed by atoms with Gasteiger partial charge < -0.3 is 20.7 Å². The number of carbonyl (C=O) groups excluding carboxylic acids is 2. The summed E-state index contributed by atoms with van der Waals surface area (Å²) >= 11 is 0. The number of rotatable bonds is 5. The lowest BCUT2D eigenvalue weighted by atomic mass is 9.92. The molecular formula is C23H25N5O3. The van der Waals surface area contributed by atoms with Gasteiger partial charge in [-0.15, -0.1) is 0 Å². The van der Waals surface area contributed by atoms with Crippen molar-refractivity contribution in [3.8, 4) is 11.4 Å². The molecule has 1 unspecified atom stereocenters. The number of nitrogens with two attached hydrogens (primary N) is 1. The van der Waals surface area contributed by atoms with E-state index >= 15 is 0 Å². The predicted molar refractivity (Wildman–Crippen MR) is 118 cm³/mol. The third-order valence-corrected chi connectivity index (χ3v) is 5.45. The molecule has 1 fully saturated rings. The third kappa shape index (κ3) is 4.53. The fourth-order valence-electron chi connectivity index (χ4n) is 3.88. The second-order valence-corrected chi connectivity index (χ2v) is 7.52. The molecule has 0 bridgehead atoms. The average molecular weight is 419 g/mol. The molecule has 3 amide bonds. The van der Waals surface area contributed by atoms with E-state index in [0.717, 1.165) is 18.5 Å². The van der Waals surface area contributed by atoms with Crippen molar-refractivity contribution in [1.82, 2.24) is 14.7 Å². The molecule has 0 aliphatic carbocycles. The summed E-state index contributed by atoms with van der Waals surface area (Å²) in [5.41, 5.74) is 8.18. The van der Waals surface area contributed by atoms with E-state index in [9.17, 15) is 9.59 Å².